The number of nitrogens with one attached hydrogen (secondary N) is 1. The molecular weight excluding hydrogens is 308 g/mol. The van der Waals surface area contributed by atoms with E-state index < -0.39 is 10.0 Å². The average Bonchev–Trinajstić information content (AvgIpc) is 2.38. The van der Waals surface area contributed by atoms with Crippen molar-refractivity contribution in [3.05, 3.63) is 23.2 Å². The quantitative estimate of drug-likeness (QED) is 0.812. The second kappa shape index (κ2) is 6.99. The van der Waals surface area contributed by atoms with E-state index in [0.717, 1.165) is 12.3 Å². The summed E-state index contributed by atoms with van der Waals surface area (Å²) in [6, 6.07) is 4.72. The van der Waals surface area contributed by atoms with Crippen molar-refractivity contribution in [2.24, 2.45) is 11.8 Å². The van der Waals surface area contributed by atoms with Gasteiger partial charge in [0, 0.05) is 6.54 Å². The number of hydrogen-bond acceptors (Lipinski definition) is 3. The maximum atomic E-state index is 12.3. The van der Waals surface area contributed by atoms with Gasteiger partial charge in [-0.15, -0.1) is 0 Å². The molecule has 3 N–H and O–H groups in total. The summed E-state index contributed by atoms with van der Waals surface area (Å²) < 4.78 is 27.2. The van der Waals surface area contributed by atoms with Gasteiger partial charge < -0.3 is 5.73 Å². The molecule has 0 saturated heterocycles. The van der Waals surface area contributed by atoms with Gasteiger partial charge in [0.2, 0.25) is 10.0 Å². The van der Waals surface area contributed by atoms with Gasteiger partial charge in [-0.2, -0.15) is 0 Å². The van der Waals surface area contributed by atoms with Crippen LogP contribution in [0.1, 0.15) is 39.0 Å². The molecule has 1 aromatic rings. The molecule has 4 nitrogen and oxygen atoms in total. The molecule has 1 aliphatic carbocycles. The van der Waals surface area contributed by atoms with Gasteiger partial charge in [0.1, 0.15) is 4.90 Å². The molecule has 1 saturated carbocycles. The summed E-state index contributed by atoms with van der Waals surface area (Å²) in [7, 11) is -3.64. The van der Waals surface area contributed by atoms with Crippen molar-refractivity contribution in [1.82, 2.24) is 4.72 Å². The predicted octanol–water partition coefficient (Wildman–Crippen LogP) is 3.42. The highest BCUT2D eigenvalue weighted by Gasteiger charge is 2.22. The molecule has 2 rings (SSSR count). The van der Waals surface area contributed by atoms with Gasteiger partial charge in [0.25, 0.3) is 0 Å². The van der Waals surface area contributed by atoms with Gasteiger partial charge in [-0.25, -0.2) is 13.1 Å². The van der Waals surface area contributed by atoms with Gasteiger partial charge in [-0.3, -0.25) is 0 Å². The Morgan fingerprint density at radius 2 is 2.14 bits per heavy atom. The van der Waals surface area contributed by atoms with Crippen LogP contribution in [0.2, 0.25) is 5.02 Å². The molecule has 0 bridgehead atoms. The zero-order valence-corrected chi connectivity index (χ0v) is 13.9. The van der Waals surface area contributed by atoms with Gasteiger partial charge in [-0.05, 0) is 36.8 Å². The number of benzene rings is 1. The summed E-state index contributed by atoms with van der Waals surface area (Å²) in [4.78, 5) is -0.0105. The zero-order chi connectivity index (χ0) is 15.5. The normalized spacial score (nSPS) is 23.1. The predicted molar refractivity (Wildman–Crippen MR) is 86.8 cm³/mol. The summed E-state index contributed by atoms with van der Waals surface area (Å²) >= 11 is 5.96. The van der Waals surface area contributed by atoms with Crippen molar-refractivity contribution in [3.63, 3.8) is 0 Å². The first-order valence-electron chi connectivity index (χ1n) is 7.44. The highest BCUT2D eigenvalue weighted by Crippen LogP contribution is 2.31. The monoisotopic (exact) mass is 330 g/mol. The van der Waals surface area contributed by atoms with E-state index in [1.54, 1.807) is 12.1 Å². The van der Waals surface area contributed by atoms with Crippen molar-refractivity contribution in [2.45, 2.75) is 43.9 Å². The number of halogens is 1. The molecule has 0 heterocycles. The number of anilines is 1. The largest absolute Gasteiger partial charge is 0.398 e. The fraction of sp³-hybridized carbons (Fsp3) is 0.600. The molecule has 0 spiro atoms. The lowest BCUT2D eigenvalue weighted by molar-refractivity contribution is 0.271. The third-order valence-corrected chi connectivity index (χ3v) is 6.16. The smallest absolute Gasteiger partial charge is 0.244 e. The Kier molecular flexibility index (Phi) is 5.52. The fourth-order valence-corrected chi connectivity index (χ4v) is 4.82. The van der Waals surface area contributed by atoms with Crippen LogP contribution in [-0.4, -0.2) is 15.0 Å². The van der Waals surface area contributed by atoms with Crippen LogP contribution in [0.25, 0.3) is 0 Å². The van der Waals surface area contributed by atoms with E-state index in [-0.39, 0.29) is 15.6 Å². The molecule has 0 aromatic heterocycles. The molecule has 118 valence electrons. The van der Waals surface area contributed by atoms with Crippen molar-refractivity contribution >= 4 is 27.3 Å². The highest BCUT2D eigenvalue weighted by atomic mass is 35.5. The first-order chi connectivity index (χ1) is 9.90. The lowest BCUT2D eigenvalue weighted by atomic mass is 9.81. The topological polar surface area (TPSA) is 72.2 Å². The second-order valence-electron chi connectivity index (χ2n) is 5.98. The minimum absolute atomic E-state index is 0.0105. The molecule has 6 heteroatoms. The molecular formula is C15H23ClN2O2S. The van der Waals surface area contributed by atoms with Crippen LogP contribution in [-0.2, 0) is 10.0 Å². The van der Waals surface area contributed by atoms with Gasteiger partial charge >= 0.3 is 0 Å². The maximum Gasteiger partial charge on any atom is 0.244 e. The summed E-state index contributed by atoms with van der Waals surface area (Å²) in [5, 5.41) is 0.161. The number of nitrogen functional groups attached to an aromatic ring is 1. The number of hydrogen-bond donors (Lipinski definition) is 2. The number of rotatable bonds is 5. The first-order valence-corrected chi connectivity index (χ1v) is 9.30. The van der Waals surface area contributed by atoms with Crippen molar-refractivity contribution in [1.29, 1.82) is 0 Å². The second-order valence-corrected chi connectivity index (χ2v) is 8.09. The minimum Gasteiger partial charge on any atom is -0.398 e. The standard InChI is InChI=1S/C15H23ClN2O2S/c1-11-4-2-5-12(10-11)8-9-18-21(19,20)15-13(16)6-3-7-14(15)17/h3,6-7,11-12,18H,2,4-5,8-10,17H2,1H3. The van der Waals surface area contributed by atoms with E-state index in [1.165, 1.54) is 31.7 Å². The summed E-state index contributed by atoms with van der Waals surface area (Å²) in [5.41, 5.74) is 5.92. The Balaban J connectivity index is 1.96. The average molecular weight is 331 g/mol. The van der Waals surface area contributed by atoms with Crippen LogP contribution in [0.5, 0.6) is 0 Å². The highest BCUT2D eigenvalue weighted by molar-refractivity contribution is 7.89. The van der Waals surface area contributed by atoms with Crippen LogP contribution >= 0.6 is 11.6 Å². The Morgan fingerprint density at radius 3 is 2.81 bits per heavy atom. The molecule has 1 fully saturated rings. The molecule has 1 aromatic carbocycles. The lowest BCUT2D eigenvalue weighted by Crippen LogP contribution is -2.28. The van der Waals surface area contributed by atoms with Crippen molar-refractivity contribution < 1.29 is 8.42 Å². The van der Waals surface area contributed by atoms with Crippen molar-refractivity contribution in [2.75, 3.05) is 12.3 Å². The third kappa shape index (κ3) is 4.34. The van der Waals surface area contributed by atoms with Gasteiger partial charge in [0.15, 0.2) is 0 Å². The molecule has 21 heavy (non-hydrogen) atoms. The molecule has 0 amide bonds. The Bertz CT molecular complexity index is 569. The lowest BCUT2D eigenvalue weighted by Gasteiger charge is -2.26. The number of nitrogens with two attached hydrogens (primary N) is 1. The van der Waals surface area contributed by atoms with E-state index in [9.17, 15) is 8.42 Å². The first kappa shape index (κ1) is 16.6. The Labute approximate surface area is 132 Å². The molecule has 2 atom stereocenters. The van der Waals surface area contributed by atoms with Crippen LogP contribution in [0, 0.1) is 11.8 Å². The Hall–Kier alpha value is -0.780. The van der Waals surface area contributed by atoms with Crippen LogP contribution in [0.4, 0.5) is 5.69 Å². The third-order valence-electron chi connectivity index (χ3n) is 4.16. The maximum absolute atomic E-state index is 12.3. The Morgan fingerprint density at radius 1 is 1.38 bits per heavy atom. The SMILES string of the molecule is CC1CCCC(CCNS(=O)(=O)c2c(N)cccc2Cl)C1. The van der Waals surface area contributed by atoms with Crippen LogP contribution < -0.4 is 10.5 Å². The molecule has 0 aliphatic heterocycles. The molecule has 1 aliphatic rings. The van der Waals surface area contributed by atoms with Gasteiger partial charge in [-0.1, -0.05) is 43.9 Å². The van der Waals surface area contributed by atoms with E-state index in [0.29, 0.717) is 12.5 Å². The summed E-state index contributed by atoms with van der Waals surface area (Å²) in [5.74, 6) is 1.36. The summed E-state index contributed by atoms with van der Waals surface area (Å²) in [6.07, 6.45) is 5.79. The summed E-state index contributed by atoms with van der Waals surface area (Å²) in [6.45, 7) is 2.70. The molecule has 2 unspecified atom stereocenters. The van der Waals surface area contributed by atoms with E-state index in [2.05, 4.69) is 11.6 Å². The van der Waals surface area contributed by atoms with Crippen molar-refractivity contribution in [3.8, 4) is 0 Å². The zero-order valence-electron chi connectivity index (χ0n) is 12.3. The van der Waals surface area contributed by atoms with E-state index in [4.69, 9.17) is 17.3 Å². The molecule has 0 radical (unpaired) electrons. The van der Waals surface area contributed by atoms with Crippen LogP contribution in [0.3, 0.4) is 0 Å². The fourth-order valence-electron chi connectivity index (χ4n) is 3.10. The van der Waals surface area contributed by atoms with E-state index in [1.807, 2.05) is 0 Å². The number of sulfonamides is 1. The van der Waals surface area contributed by atoms with E-state index >= 15 is 0 Å². The van der Waals surface area contributed by atoms with Gasteiger partial charge in [0.05, 0.1) is 10.7 Å². The minimum atomic E-state index is -3.64. The van der Waals surface area contributed by atoms with Crippen LogP contribution in [0.15, 0.2) is 23.1 Å².